The fourth-order valence-corrected chi connectivity index (χ4v) is 4.64. The molecule has 1 atom stereocenters. The van der Waals surface area contributed by atoms with Crippen LogP contribution in [0.2, 0.25) is 0 Å². The third-order valence-electron chi connectivity index (χ3n) is 6.44. The number of urea groups is 1. The van der Waals surface area contributed by atoms with Gasteiger partial charge >= 0.3 is 6.03 Å². The molecule has 1 fully saturated rings. The number of furan rings is 1. The number of carbonyl (C=O) groups excluding carboxylic acids is 3. The molecule has 4 amide bonds. The standard InChI is InChI=1S/C24H20N6O5/c1-29-18(7-8-25-29)16-5-6-19-17(26-16)10-20(35-19)24(22(32)27-23(33)28-24)12-30-11-13-3-4-14(34-2)9-15(13)21(30)31/h3-10H,11-12H2,1-2H3,(H2,27,28,32,33)/t24-/m0/s1. The first kappa shape index (κ1) is 20.9. The molecule has 176 valence electrons. The van der Waals surface area contributed by atoms with Gasteiger partial charge in [-0.1, -0.05) is 6.07 Å². The summed E-state index contributed by atoms with van der Waals surface area (Å²) in [6, 6.07) is 11.6. The van der Waals surface area contributed by atoms with E-state index in [1.54, 1.807) is 41.2 Å². The Morgan fingerprint density at radius 1 is 1.14 bits per heavy atom. The van der Waals surface area contributed by atoms with Crippen molar-refractivity contribution < 1.29 is 23.5 Å². The number of nitrogens with one attached hydrogen (secondary N) is 2. The van der Waals surface area contributed by atoms with Crippen LogP contribution in [0.15, 0.2) is 53.1 Å². The maximum atomic E-state index is 13.2. The normalized spacial score (nSPS) is 19.3. The van der Waals surface area contributed by atoms with E-state index in [-0.39, 0.29) is 24.8 Å². The van der Waals surface area contributed by atoms with Crippen LogP contribution >= 0.6 is 0 Å². The number of amides is 4. The SMILES string of the molecule is COc1ccc2c(c1)C(=O)N(C[C@@]1(c3cc4nc(-c5ccnn5C)ccc4o3)NC(=O)NC1=O)C2. The molecule has 0 saturated carbocycles. The molecule has 2 N–H and O–H groups in total. The van der Waals surface area contributed by atoms with E-state index in [1.807, 2.05) is 19.2 Å². The molecule has 0 aliphatic carbocycles. The molecule has 6 rings (SSSR count). The van der Waals surface area contributed by atoms with Crippen molar-refractivity contribution in [2.24, 2.45) is 7.05 Å². The van der Waals surface area contributed by atoms with Crippen molar-refractivity contribution in [2.75, 3.05) is 13.7 Å². The van der Waals surface area contributed by atoms with Crippen LogP contribution in [0.5, 0.6) is 5.75 Å². The summed E-state index contributed by atoms with van der Waals surface area (Å²) >= 11 is 0. The van der Waals surface area contributed by atoms with Crippen LogP contribution in [0, 0.1) is 0 Å². The molecular weight excluding hydrogens is 452 g/mol. The monoisotopic (exact) mass is 472 g/mol. The summed E-state index contributed by atoms with van der Waals surface area (Å²) in [5.74, 6) is -0.116. The molecule has 2 aliphatic heterocycles. The summed E-state index contributed by atoms with van der Waals surface area (Å²) in [5, 5.41) is 9.14. The highest BCUT2D eigenvalue weighted by Gasteiger charge is 2.53. The summed E-state index contributed by atoms with van der Waals surface area (Å²) in [7, 11) is 3.34. The van der Waals surface area contributed by atoms with Gasteiger partial charge in [-0.05, 0) is 35.9 Å². The van der Waals surface area contributed by atoms with Gasteiger partial charge in [0.05, 0.1) is 25.0 Å². The number of pyridine rings is 1. The van der Waals surface area contributed by atoms with Gasteiger partial charge in [0.25, 0.3) is 11.8 Å². The van der Waals surface area contributed by atoms with E-state index in [2.05, 4.69) is 20.7 Å². The van der Waals surface area contributed by atoms with E-state index in [0.717, 1.165) is 11.3 Å². The van der Waals surface area contributed by atoms with Gasteiger partial charge < -0.3 is 19.4 Å². The predicted molar refractivity (Wildman–Crippen MR) is 122 cm³/mol. The summed E-state index contributed by atoms with van der Waals surface area (Å²) in [4.78, 5) is 44.7. The van der Waals surface area contributed by atoms with Gasteiger partial charge in [0, 0.05) is 31.4 Å². The van der Waals surface area contributed by atoms with Gasteiger partial charge in [-0.25, -0.2) is 9.78 Å². The third-order valence-corrected chi connectivity index (χ3v) is 6.44. The van der Waals surface area contributed by atoms with Gasteiger partial charge in [-0.3, -0.25) is 19.6 Å². The number of imide groups is 1. The fraction of sp³-hybridized carbons (Fsp3) is 0.208. The van der Waals surface area contributed by atoms with Crippen LogP contribution < -0.4 is 15.4 Å². The largest absolute Gasteiger partial charge is 0.497 e. The minimum atomic E-state index is -1.60. The Morgan fingerprint density at radius 2 is 2.00 bits per heavy atom. The Kier molecular flexibility index (Phi) is 4.43. The minimum absolute atomic E-state index is 0.116. The number of aromatic nitrogens is 3. The Labute approximate surface area is 198 Å². The number of hydrogen-bond donors (Lipinski definition) is 2. The lowest BCUT2D eigenvalue weighted by Gasteiger charge is -2.28. The van der Waals surface area contributed by atoms with E-state index in [0.29, 0.717) is 28.1 Å². The maximum absolute atomic E-state index is 13.2. The zero-order chi connectivity index (χ0) is 24.3. The van der Waals surface area contributed by atoms with Crippen LogP contribution in [-0.2, 0) is 23.9 Å². The number of benzene rings is 1. The van der Waals surface area contributed by atoms with Gasteiger partial charge in [0.2, 0.25) is 0 Å². The fourth-order valence-electron chi connectivity index (χ4n) is 4.64. The number of fused-ring (bicyclic) bond motifs is 2. The van der Waals surface area contributed by atoms with E-state index in [9.17, 15) is 14.4 Å². The number of ether oxygens (including phenoxy) is 1. The second-order valence-corrected chi connectivity index (χ2v) is 8.53. The van der Waals surface area contributed by atoms with E-state index >= 15 is 0 Å². The first-order valence-corrected chi connectivity index (χ1v) is 10.9. The lowest BCUT2D eigenvalue weighted by molar-refractivity contribution is -0.125. The number of aryl methyl sites for hydroxylation is 1. The second-order valence-electron chi connectivity index (χ2n) is 8.53. The lowest BCUT2D eigenvalue weighted by atomic mass is 9.95. The molecule has 5 heterocycles. The number of rotatable bonds is 5. The topological polar surface area (TPSA) is 132 Å². The molecule has 0 radical (unpaired) electrons. The minimum Gasteiger partial charge on any atom is -0.497 e. The molecule has 0 bridgehead atoms. The van der Waals surface area contributed by atoms with Crippen LogP contribution in [0.3, 0.4) is 0 Å². The number of methoxy groups -OCH3 is 1. The van der Waals surface area contributed by atoms with Crippen molar-refractivity contribution >= 4 is 28.9 Å². The summed E-state index contributed by atoms with van der Waals surface area (Å²) in [6.45, 7) is 0.168. The van der Waals surface area contributed by atoms with Crippen LogP contribution in [0.4, 0.5) is 4.79 Å². The third kappa shape index (κ3) is 3.15. The van der Waals surface area contributed by atoms with Gasteiger partial charge in [-0.2, -0.15) is 5.10 Å². The van der Waals surface area contributed by atoms with Gasteiger partial charge in [0.1, 0.15) is 17.0 Å². The molecular formula is C24H20N6O5. The zero-order valence-electron chi connectivity index (χ0n) is 18.9. The summed E-state index contributed by atoms with van der Waals surface area (Å²) in [6.07, 6.45) is 1.68. The number of nitrogens with zero attached hydrogens (tertiary/aromatic N) is 4. The Morgan fingerprint density at radius 3 is 2.71 bits per heavy atom. The first-order valence-electron chi connectivity index (χ1n) is 10.9. The van der Waals surface area contributed by atoms with Crippen molar-refractivity contribution in [3.8, 4) is 17.1 Å². The van der Waals surface area contributed by atoms with Crippen molar-refractivity contribution in [1.29, 1.82) is 0 Å². The van der Waals surface area contributed by atoms with Crippen LogP contribution in [0.25, 0.3) is 22.5 Å². The summed E-state index contributed by atoms with van der Waals surface area (Å²) in [5.41, 5.74) is 2.14. The van der Waals surface area contributed by atoms with E-state index in [1.165, 1.54) is 12.0 Å². The van der Waals surface area contributed by atoms with Crippen molar-refractivity contribution in [2.45, 2.75) is 12.1 Å². The highest BCUT2D eigenvalue weighted by molar-refractivity contribution is 6.08. The molecule has 0 unspecified atom stereocenters. The zero-order valence-corrected chi connectivity index (χ0v) is 18.9. The van der Waals surface area contributed by atoms with Crippen LogP contribution in [0.1, 0.15) is 21.7 Å². The highest BCUT2D eigenvalue weighted by Crippen LogP contribution is 2.35. The molecule has 11 nitrogen and oxygen atoms in total. The average molecular weight is 472 g/mol. The molecule has 1 aromatic carbocycles. The highest BCUT2D eigenvalue weighted by atomic mass is 16.5. The summed E-state index contributed by atoms with van der Waals surface area (Å²) < 4.78 is 13.0. The Bertz CT molecular complexity index is 1540. The Balaban J connectivity index is 1.39. The Hall–Kier alpha value is -4.67. The average Bonchev–Trinajstić information content (AvgIpc) is 3.60. The lowest BCUT2D eigenvalue weighted by Crippen LogP contribution is -2.52. The maximum Gasteiger partial charge on any atom is 0.322 e. The molecule has 2 aliphatic rings. The van der Waals surface area contributed by atoms with Crippen molar-refractivity contribution in [3.63, 3.8) is 0 Å². The quantitative estimate of drug-likeness (QED) is 0.424. The smallest absolute Gasteiger partial charge is 0.322 e. The molecule has 4 aromatic rings. The molecule has 11 heteroatoms. The van der Waals surface area contributed by atoms with Crippen molar-refractivity contribution in [1.82, 2.24) is 30.3 Å². The van der Waals surface area contributed by atoms with Gasteiger partial charge in [0.15, 0.2) is 11.1 Å². The van der Waals surface area contributed by atoms with Crippen molar-refractivity contribution in [3.05, 3.63) is 65.5 Å². The van der Waals surface area contributed by atoms with Gasteiger partial charge in [-0.15, -0.1) is 0 Å². The van der Waals surface area contributed by atoms with E-state index < -0.39 is 17.5 Å². The molecule has 3 aromatic heterocycles. The number of hydrogen-bond acceptors (Lipinski definition) is 7. The number of carbonyl (C=O) groups is 3. The van der Waals surface area contributed by atoms with E-state index in [4.69, 9.17) is 9.15 Å². The van der Waals surface area contributed by atoms with Crippen LogP contribution in [-0.4, -0.2) is 51.2 Å². The second kappa shape index (κ2) is 7.42. The molecule has 35 heavy (non-hydrogen) atoms. The first-order chi connectivity index (χ1) is 16.9. The predicted octanol–water partition coefficient (Wildman–Crippen LogP) is 1.93. The molecule has 0 spiro atoms. The molecule has 1 saturated heterocycles.